The Morgan fingerprint density at radius 1 is 1.33 bits per heavy atom. The van der Waals surface area contributed by atoms with E-state index in [-0.39, 0.29) is 12.0 Å². The number of rotatable bonds is 5. The molecular formula is C17H16Cl2N6O2. The Bertz CT molecular complexity index is 1030. The minimum atomic E-state index is -0.554. The Morgan fingerprint density at radius 3 is 2.63 bits per heavy atom. The quantitative estimate of drug-likeness (QED) is 0.675. The Labute approximate surface area is 164 Å². The second kappa shape index (κ2) is 7.89. The van der Waals surface area contributed by atoms with Gasteiger partial charge in [0.1, 0.15) is 17.7 Å². The van der Waals surface area contributed by atoms with Gasteiger partial charge >= 0.3 is 0 Å². The topological polar surface area (TPSA) is 106 Å². The highest BCUT2D eigenvalue weighted by molar-refractivity contribution is 6.36. The van der Waals surface area contributed by atoms with Crippen molar-refractivity contribution in [3.05, 3.63) is 73.9 Å². The number of benzene rings is 1. The summed E-state index contributed by atoms with van der Waals surface area (Å²) in [5, 5.41) is 11.4. The van der Waals surface area contributed by atoms with E-state index in [0.29, 0.717) is 27.3 Å². The van der Waals surface area contributed by atoms with Gasteiger partial charge < -0.3 is 14.9 Å². The van der Waals surface area contributed by atoms with Gasteiger partial charge in [0.05, 0.1) is 6.04 Å². The van der Waals surface area contributed by atoms with Crippen molar-refractivity contribution >= 4 is 29.1 Å². The standard InChI is InChI=1S/C17H16Cl2N6O2/c1-9(15-24-21-8-25(15)2)22-16(26)11-7-20-14(23-17(11)27)6-10-12(18)4-3-5-13(10)19/h3-5,7-9H,6H2,1-2H3,(H,22,26)(H,20,23,27)/t9-/m1/s1. The number of carbonyl (C=O) groups is 1. The highest BCUT2D eigenvalue weighted by atomic mass is 35.5. The minimum Gasteiger partial charge on any atom is -0.342 e. The van der Waals surface area contributed by atoms with Crippen molar-refractivity contribution < 1.29 is 4.79 Å². The molecule has 1 amide bonds. The maximum Gasteiger partial charge on any atom is 0.263 e. The molecular weight excluding hydrogens is 391 g/mol. The van der Waals surface area contributed by atoms with Crippen molar-refractivity contribution in [2.24, 2.45) is 7.05 Å². The molecule has 2 aromatic heterocycles. The lowest BCUT2D eigenvalue weighted by atomic mass is 10.1. The van der Waals surface area contributed by atoms with Crippen LogP contribution in [-0.2, 0) is 13.5 Å². The van der Waals surface area contributed by atoms with Gasteiger partial charge in [-0.2, -0.15) is 0 Å². The van der Waals surface area contributed by atoms with Gasteiger partial charge in [0, 0.05) is 29.7 Å². The van der Waals surface area contributed by atoms with Crippen molar-refractivity contribution in [3.63, 3.8) is 0 Å². The summed E-state index contributed by atoms with van der Waals surface area (Å²) in [6.07, 6.45) is 3.00. The molecule has 27 heavy (non-hydrogen) atoms. The van der Waals surface area contributed by atoms with Gasteiger partial charge in [0.15, 0.2) is 5.82 Å². The summed E-state index contributed by atoms with van der Waals surface area (Å²) in [6, 6.07) is 4.72. The number of nitrogens with zero attached hydrogens (tertiary/aromatic N) is 4. The first-order valence-electron chi connectivity index (χ1n) is 8.02. The zero-order valence-electron chi connectivity index (χ0n) is 14.5. The summed E-state index contributed by atoms with van der Waals surface area (Å²) in [7, 11) is 1.76. The first-order valence-corrected chi connectivity index (χ1v) is 8.78. The zero-order valence-corrected chi connectivity index (χ0v) is 16.0. The molecule has 0 aliphatic carbocycles. The van der Waals surface area contributed by atoms with Crippen LogP contribution in [0.15, 0.2) is 35.5 Å². The van der Waals surface area contributed by atoms with Crippen LogP contribution in [0.1, 0.15) is 40.5 Å². The van der Waals surface area contributed by atoms with Crippen molar-refractivity contribution in [2.75, 3.05) is 0 Å². The monoisotopic (exact) mass is 406 g/mol. The van der Waals surface area contributed by atoms with Gasteiger partial charge in [-0.25, -0.2) is 4.98 Å². The summed E-state index contributed by atoms with van der Waals surface area (Å²) < 4.78 is 1.68. The number of aromatic amines is 1. The minimum absolute atomic E-state index is 0.0991. The van der Waals surface area contributed by atoms with Crippen LogP contribution in [0.3, 0.4) is 0 Å². The second-order valence-corrected chi connectivity index (χ2v) is 6.76. The first kappa shape index (κ1) is 19.1. The number of halogens is 2. The summed E-state index contributed by atoms with van der Waals surface area (Å²) in [6.45, 7) is 1.75. The van der Waals surface area contributed by atoms with E-state index in [4.69, 9.17) is 23.2 Å². The third kappa shape index (κ3) is 4.17. The fourth-order valence-electron chi connectivity index (χ4n) is 2.58. The molecule has 0 aliphatic heterocycles. The molecule has 0 unspecified atom stereocenters. The molecule has 3 rings (SSSR count). The number of hydrogen-bond donors (Lipinski definition) is 2. The molecule has 10 heteroatoms. The number of hydrogen-bond acceptors (Lipinski definition) is 5. The number of amides is 1. The van der Waals surface area contributed by atoms with E-state index >= 15 is 0 Å². The van der Waals surface area contributed by atoms with Crippen LogP contribution in [0.2, 0.25) is 10.0 Å². The molecule has 0 saturated heterocycles. The number of carbonyl (C=O) groups excluding carboxylic acids is 1. The van der Waals surface area contributed by atoms with Crippen LogP contribution in [0.25, 0.3) is 0 Å². The SMILES string of the molecule is C[C@@H](NC(=O)c1cnc(Cc2c(Cl)cccc2Cl)[nH]c1=O)c1nncn1C. The van der Waals surface area contributed by atoms with Gasteiger partial charge in [-0.05, 0) is 24.6 Å². The van der Waals surface area contributed by atoms with Gasteiger partial charge in [0.25, 0.3) is 11.5 Å². The smallest absolute Gasteiger partial charge is 0.263 e. The van der Waals surface area contributed by atoms with Crippen LogP contribution >= 0.6 is 23.2 Å². The number of nitrogens with one attached hydrogen (secondary N) is 2. The van der Waals surface area contributed by atoms with Crippen LogP contribution in [-0.4, -0.2) is 30.6 Å². The molecule has 2 N–H and O–H groups in total. The molecule has 0 spiro atoms. The van der Waals surface area contributed by atoms with Crippen LogP contribution in [0.4, 0.5) is 0 Å². The molecule has 1 aromatic carbocycles. The molecule has 0 aliphatic rings. The van der Waals surface area contributed by atoms with E-state index in [2.05, 4.69) is 25.5 Å². The summed E-state index contributed by atoms with van der Waals surface area (Å²) >= 11 is 12.3. The molecule has 3 aromatic rings. The fraction of sp³-hybridized carbons (Fsp3) is 0.235. The Balaban J connectivity index is 1.77. The summed E-state index contributed by atoms with van der Waals surface area (Å²) in [5.74, 6) is 0.368. The fourth-order valence-corrected chi connectivity index (χ4v) is 3.11. The molecule has 1 atom stereocenters. The van der Waals surface area contributed by atoms with Crippen molar-refractivity contribution in [2.45, 2.75) is 19.4 Å². The van der Waals surface area contributed by atoms with Crippen LogP contribution < -0.4 is 10.9 Å². The Hall–Kier alpha value is -2.71. The van der Waals surface area contributed by atoms with E-state index in [1.165, 1.54) is 12.5 Å². The van der Waals surface area contributed by atoms with Gasteiger partial charge in [-0.1, -0.05) is 29.3 Å². The molecule has 0 fully saturated rings. The average molecular weight is 407 g/mol. The molecule has 0 radical (unpaired) electrons. The average Bonchev–Trinajstić information content (AvgIpc) is 3.04. The largest absolute Gasteiger partial charge is 0.342 e. The van der Waals surface area contributed by atoms with Gasteiger partial charge in [-0.15, -0.1) is 10.2 Å². The number of aromatic nitrogens is 5. The molecule has 140 valence electrons. The van der Waals surface area contributed by atoms with E-state index in [1.54, 1.807) is 36.7 Å². The van der Waals surface area contributed by atoms with E-state index in [9.17, 15) is 9.59 Å². The highest BCUT2D eigenvalue weighted by Crippen LogP contribution is 2.25. The maximum atomic E-state index is 12.4. The third-order valence-electron chi connectivity index (χ3n) is 3.98. The van der Waals surface area contributed by atoms with Gasteiger partial charge in [0.2, 0.25) is 0 Å². The lowest BCUT2D eigenvalue weighted by Gasteiger charge is -2.12. The van der Waals surface area contributed by atoms with Crippen molar-refractivity contribution in [1.29, 1.82) is 0 Å². The van der Waals surface area contributed by atoms with Gasteiger partial charge in [-0.3, -0.25) is 9.59 Å². The normalized spacial score (nSPS) is 12.0. The Kier molecular flexibility index (Phi) is 5.57. The van der Waals surface area contributed by atoms with Crippen molar-refractivity contribution in [3.8, 4) is 0 Å². The first-order chi connectivity index (χ1) is 12.9. The number of aryl methyl sites for hydroxylation is 1. The summed E-state index contributed by atoms with van der Waals surface area (Å²) in [5.41, 5.74) is 0.000884. The van der Waals surface area contributed by atoms with E-state index < -0.39 is 17.5 Å². The molecule has 8 nitrogen and oxygen atoms in total. The second-order valence-electron chi connectivity index (χ2n) is 5.94. The molecule has 0 saturated carbocycles. The molecule has 0 bridgehead atoms. The molecule has 2 heterocycles. The van der Waals surface area contributed by atoms with Crippen molar-refractivity contribution in [1.82, 2.24) is 30.0 Å². The number of H-pyrrole nitrogens is 1. The van der Waals surface area contributed by atoms with Crippen LogP contribution in [0, 0.1) is 0 Å². The lowest BCUT2D eigenvalue weighted by molar-refractivity contribution is 0.0935. The highest BCUT2D eigenvalue weighted by Gasteiger charge is 2.18. The predicted molar refractivity (Wildman–Crippen MR) is 101 cm³/mol. The summed E-state index contributed by atoms with van der Waals surface area (Å²) in [4.78, 5) is 31.5. The van der Waals surface area contributed by atoms with E-state index in [0.717, 1.165) is 0 Å². The maximum absolute atomic E-state index is 12.4. The van der Waals surface area contributed by atoms with E-state index in [1.807, 2.05) is 0 Å². The van der Waals surface area contributed by atoms with Crippen LogP contribution in [0.5, 0.6) is 0 Å². The Morgan fingerprint density at radius 2 is 2.04 bits per heavy atom. The third-order valence-corrected chi connectivity index (χ3v) is 4.69. The lowest BCUT2D eigenvalue weighted by Crippen LogP contribution is -2.33. The predicted octanol–water partition coefficient (Wildman–Crippen LogP) is 2.29. The zero-order chi connectivity index (χ0) is 19.6.